The van der Waals surface area contributed by atoms with Crippen molar-refractivity contribution in [1.29, 1.82) is 0 Å². The quantitative estimate of drug-likeness (QED) is 0.482. The summed E-state index contributed by atoms with van der Waals surface area (Å²) in [5, 5.41) is 3.90. The van der Waals surface area contributed by atoms with Gasteiger partial charge < -0.3 is 20.0 Å². The second kappa shape index (κ2) is 6.70. The average Bonchev–Trinajstić information content (AvgIpc) is 3.12. The summed E-state index contributed by atoms with van der Waals surface area (Å²) in [6.07, 6.45) is -0.0273. The molecule has 1 fully saturated rings. The zero-order valence-corrected chi connectivity index (χ0v) is 15.4. The molecular weight excluding hydrogens is 383 g/mol. The van der Waals surface area contributed by atoms with E-state index in [2.05, 4.69) is 20.3 Å². The van der Waals surface area contributed by atoms with Crippen molar-refractivity contribution in [1.82, 2.24) is 20.3 Å². The second-order valence-electron chi connectivity index (χ2n) is 6.76. The highest BCUT2D eigenvalue weighted by molar-refractivity contribution is 6.37. The number of pyridine rings is 1. The van der Waals surface area contributed by atoms with Gasteiger partial charge >= 0.3 is 0 Å². The number of nitrogens with one attached hydrogen (secondary N) is 3. The molecule has 0 amide bonds. The predicted octanol–water partition coefficient (Wildman–Crippen LogP) is 3.52. The van der Waals surface area contributed by atoms with Crippen LogP contribution in [-0.4, -0.2) is 34.6 Å². The van der Waals surface area contributed by atoms with Gasteiger partial charge in [-0.05, 0) is 35.9 Å². The monoisotopic (exact) mass is 398 g/mol. The molecule has 2 aromatic heterocycles. The number of ether oxygens (including phenoxy) is 1. The molecule has 1 unspecified atom stereocenters. The maximum Gasteiger partial charge on any atom is 0.260 e. The molecule has 28 heavy (non-hydrogen) atoms. The van der Waals surface area contributed by atoms with Crippen molar-refractivity contribution in [2.24, 2.45) is 0 Å². The SMILES string of the molecule is O=c1[nH]c2ccc(F)cc2c(Cl)c1-c1nc2ccc(C3CNCCO3)cc2[nH]1. The number of rotatable bonds is 2. The normalized spacial score (nSPS) is 17.4. The van der Waals surface area contributed by atoms with Crippen LogP contribution in [0, 0.1) is 5.82 Å². The maximum atomic E-state index is 13.6. The Bertz CT molecular complexity index is 1260. The number of halogens is 2. The highest BCUT2D eigenvalue weighted by Crippen LogP contribution is 2.31. The van der Waals surface area contributed by atoms with Gasteiger partial charge in [-0.25, -0.2) is 9.37 Å². The molecule has 1 atom stereocenters. The lowest BCUT2D eigenvalue weighted by molar-refractivity contribution is 0.0278. The lowest BCUT2D eigenvalue weighted by atomic mass is 10.1. The standard InChI is InChI=1S/C20H16ClFN4O2/c21-18-12-8-11(22)2-4-13(12)26-20(27)17(18)19-24-14-3-1-10(7-15(14)25-19)16-9-23-5-6-28-16/h1-4,7-8,16,23H,5-6,9H2,(H,24,25)(H,26,27). The summed E-state index contributed by atoms with van der Waals surface area (Å²) in [5.41, 5.74) is 2.78. The van der Waals surface area contributed by atoms with Crippen LogP contribution in [0.1, 0.15) is 11.7 Å². The molecule has 0 spiro atoms. The fourth-order valence-corrected chi connectivity index (χ4v) is 3.89. The van der Waals surface area contributed by atoms with E-state index >= 15 is 0 Å². The Morgan fingerprint density at radius 3 is 2.86 bits per heavy atom. The van der Waals surface area contributed by atoms with Crippen molar-refractivity contribution in [3.05, 3.63) is 63.2 Å². The molecule has 8 heteroatoms. The molecule has 0 saturated carbocycles. The molecular formula is C20H16ClFN4O2. The van der Waals surface area contributed by atoms with Crippen LogP contribution >= 0.6 is 11.6 Å². The van der Waals surface area contributed by atoms with Crippen molar-refractivity contribution in [3.63, 3.8) is 0 Å². The molecule has 6 nitrogen and oxygen atoms in total. The minimum absolute atomic E-state index is 0.0273. The number of morpholine rings is 1. The van der Waals surface area contributed by atoms with Crippen molar-refractivity contribution in [2.45, 2.75) is 6.10 Å². The molecule has 1 saturated heterocycles. The Morgan fingerprint density at radius 2 is 2.04 bits per heavy atom. The van der Waals surface area contributed by atoms with E-state index in [0.29, 0.717) is 28.9 Å². The molecule has 5 rings (SSSR count). The summed E-state index contributed by atoms with van der Waals surface area (Å²) in [6, 6.07) is 9.87. The van der Waals surface area contributed by atoms with E-state index in [4.69, 9.17) is 16.3 Å². The number of imidazole rings is 1. The molecule has 4 aromatic rings. The van der Waals surface area contributed by atoms with Gasteiger partial charge in [-0.2, -0.15) is 0 Å². The number of benzene rings is 2. The molecule has 1 aliphatic heterocycles. The number of aromatic nitrogens is 3. The van der Waals surface area contributed by atoms with Crippen molar-refractivity contribution >= 4 is 33.5 Å². The molecule has 0 aliphatic carbocycles. The molecule has 3 heterocycles. The van der Waals surface area contributed by atoms with Crippen LogP contribution in [0.3, 0.4) is 0 Å². The first-order valence-electron chi connectivity index (χ1n) is 8.93. The molecule has 0 bridgehead atoms. The van der Waals surface area contributed by atoms with E-state index < -0.39 is 5.82 Å². The number of H-pyrrole nitrogens is 2. The third kappa shape index (κ3) is 2.88. The molecule has 1 aliphatic rings. The van der Waals surface area contributed by atoms with Crippen molar-refractivity contribution in [2.75, 3.05) is 19.7 Å². The second-order valence-corrected chi connectivity index (χ2v) is 7.14. The van der Waals surface area contributed by atoms with Crippen LogP contribution in [0.25, 0.3) is 33.3 Å². The van der Waals surface area contributed by atoms with Gasteiger partial charge in [0, 0.05) is 18.5 Å². The zero-order chi connectivity index (χ0) is 19.3. The van der Waals surface area contributed by atoms with Gasteiger partial charge in [-0.3, -0.25) is 4.79 Å². The van der Waals surface area contributed by atoms with Crippen LogP contribution in [0.4, 0.5) is 4.39 Å². The smallest absolute Gasteiger partial charge is 0.260 e. The Morgan fingerprint density at radius 1 is 1.14 bits per heavy atom. The van der Waals surface area contributed by atoms with Crippen LogP contribution in [0.15, 0.2) is 41.2 Å². The van der Waals surface area contributed by atoms with Gasteiger partial charge in [0.1, 0.15) is 17.2 Å². The Balaban J connectivity index is 1.64. The fourth-order valence-electron chi connectivity index (χ4n) is 3.56. The third-order valence-corrected chi connectivity index (χ3v) is 5.35. The number of aromatic amines is 2. The first-order valence-corrected chi connectivity index (χ1v) is 9.31. The highest BCUT2D eigenvalue weighted by Gasteiger charge is 2.19. The van der Waals surface area contributed by atoms with E-state index in [1.807, 2.05) is 18.2 Å². The van der Waals surface area contributed by atoms with Gasteiger partial charge in [0.15, 0.2) is 0 Å². The number of nitrogens with zero attached hydrogens (tertiary/aromatic N) is 1. The molecule has 2 aromatic carbocycles. The first kappa shape index (κ1) is 17.4. The lowest BCUT2D eigenvalue weighted by Gasteiger charge is -2.23. The lowest BCUT2D eigenvalue weighted by Crippen LogP contribution is -2.33. The summed E-state index contributed by atoms with van der Waals surface area (Å²) >= 11 is 6.46. The van der Waals surface area contributed by atoms with E-state index in [0.717, 1.165) is 24.2 Å². The molecule has 0 radical (unpaired) electrons. The maximum absolute atomic E-state index is 13.6. The minimum atomic E-state index is -0.428. The van der Waals surface area contributed by atoms with Gasteiger partial charge in [0.2, 0.25) is 0 Å². The average molecular weight is 399 g/mol. The van der Waals surface area contributed by atoms with Crippen LogP contribution in [0.5, 0.6) is 0 Å². The summed E-state index contributed by atoms with van der Waals surface area (Å²) in [4.78, 5) is 23.0. The van der Waals surface area contributed by atoms with Crippen LogP contribution in [-0.2, 0) is 4.74 Å². The summed E-state index contributed by atoms with van der Waals surface area (Å²) in [5.74, 6) is -0.0880. The first-order chi connectivity index (χ1) is 13.6. The predicted molar refractivity (Wildman–Crippen MR) is 106 cm³/mol. The van der Waals surface area contributed by atoms with Gasteiger partial charge in [-0.15, -0.1) is 0 Å². The van der Waals surface area contributed by atoms with Crippen molar-refractivity contribution < 1.29 is 9.13 Å². The summed E-state index contributed by atoms with van der Waals surface area (Å²) in [7, 11) is 0. The largest absolute Gasteiger partial charge is 0.371 e. The number of fused-ring (bicyclic) bond motifs is 2. The topological polar surface area (TPSA) is 82.8 Å². The van der Waals surface area contributed by atoms with Crippen molar-refractivity contribution in [3.8, 4) is 11.4 Å². The van der Waals surface area contributed by atoms with Crippen LogP contribution < -0.4 is 10.9 Å². The van der Waals surface area contributed by atoms with Gasteiger partial charge in [0.25, 0.3) is 5.56 Å². The Labute approximate surface area is 163 Å². The van der Waals surface area contributed by atoms with E-state index in [-0.39, 0.29) is 22.2 Å². The van der Waals surface area contributed by atoms with Gasteiger partial charge in [0.05, 0.1) is 34.3 Å². The Kier molecular flexibility index (Phi) is 4.16. The van der Waals surface area contributed by atoms with E-state index in [1.165, 1.54) is 18.2 Å². The van der Waals surface area contributed by atoms with Crippen LogP contribution in [0.2, 0.25) is 5.02 Å². The zero-order valence-electron chi connectivity index (χ0n) is 14.7. The molecule has 142 valence electrons. The fraction of sp³-hybridized carbons (Fsp3) is 0.200. The molecule has 3 N–H and O–H groups in total. The van der Waals surface area contributed by atoms with Gasteiger partial charge in [-0.1, -0.05) is 17.7 Å². The summed E-state index contributed by atoms with van der Waals surface area (Å²) in [6.45, 7) is 2.25. The van der Waals surface area contributed by atoms with E-state index in [1.54, 1.807) is 0 Å². The number of hydrogen-bond acceptors (Lipinski definition) is 4. The summed E-state index contributed by atoms with van der Waals surface area (Å²) < 4.78 is 19.4. The van der Waals surface area contributed by atoms with E-state index in [9.17, 15) is 9.18 Å². The Hall–Kier alpha value is -2.74. The minimum Gasteiger partial charge on any atom is -0.371 e. The number of hydrogen-bond donors (Lipinski definition) is 3. The highest BCUT2D eigenvalue weighted by atomic mass is 35.5. The third-order valence-electron chi connectivity index (χ3n) is 4.95.